The normalized spacial score (nSPS) is 12.6. The molecule has 94 valence electrons. The fraction of sp³-hybridized carbons (Fsp3) is 0.417. The monoisotopic (exact) mass is 302 g/mol. The van der Waals surface area contributed by atoms with Gasteiger partial charge in [0.25, 0.3) is 5.91 Å². The zero-order valence-electron chi connectivity index (χ0n) is 9.84. The minimum atomic E-state index is -0.447. The summed E-state index contributed by atoms with van der Waals surface area (Å²) in [6.45, 7) is 4.34. The van der Waals surface area contributed by atoms with Crippen LogP contribution in [0.2, 0.25) is 0 Å². The predicted molar refractivity (Wildman–Crippen MR) is 69.2 cm³/mol. The van der Waals surface area contributed by atoms with E-state index in [9.17, 15) is 9.18 Å². The highest BCUT2D eigenvalue weighted by atomic mass is 79.9. The van der Waals surface area contributed by atoms with Crippen LogP contribution in [-0.2, 0) is 0 Å². The highest BCUT2D eigenvalue weighted by molar-refractivity contribution is 9.10. The molecule has 0 heterocycles. The van der Waals surface area contributed by atoms with Gasteiger partial charge >= 0.3 is 0 Å². The lowest BCUT2D eigenvalue weighted by Crippen LogP contribution is -2.40. The van der Waals surface area contributed by atoms with E-state index in [-0.39, 0.29) is 23.4 Å². The van der Waals surface area contributed by atoms with E-state index in [4.69, 9.17) is 5.73 Å². The van der Waals surface area contributed by atoms with Gasteiger partial charge in [-0.05, 0) is 24.1 Å². The largest absolute Gasteiger partial charge is 0.350 e. The van der Waals surface area contributed by atoms with Crippen molar-refractivity contribution in [3.05, 3.63) is 34.1 Å². The summed E-state index contributed by atoms with van der Waals surface area (Å²) in [6, 6.07) is 3.97. The summed E-state index contributed by atoms with van der Waals surface area (Å²) in [6.07, 6.45) is 0. The lowest BCUT2D eigenvalue weighted by atomic mass is 10.1. The molecule has 0 bridgehead atoms. The van der Waals surface area contributed by atoms with Gasteiger partial charge in [-0.3, -0.25) is 4.79 Å². The maximum absolute atomic E-state index is 13.1. The lowest BCUT2D eigenvalue weighted by Gasteiger charge is -2.16. The molecule has 0 aliphatic rings. The molecule has 0 saturated carbocycles. The fourth-order valence-corrected chi connectivity index (χ4v) is 1.70. The summed E-state index contributed by atoms with van der Waals surface area (Å²) in [5.74, 6) is -0.478. The Kier molecular flexibility index (Phi) is 5.08. The standard InChI is InChI=1S/C12H16BrFN2O/c1-7(2)11(15)6-16-12(17)8-3-9(13)5-10(14)4-8/h3-5,7,11H,6,15H2,1-2H3,(H,16,17). The van der Waals surface area contributed by atoms with Gasteiger partial charge in [-0.2, -0.15) is 0 Å². The highest BCUT2D eigenvalue weighted by Crippen LogP contribution is 2.14. The van der Waals surface area contributed by atoms with E-state index in [2.05, 4.69) is 21.2 Å². The van der Waals surface area contributed by atoms with Crippen molar-refractivity contribution in [2.75, 3.05) is 6.54 Å². The average Bonchev–Trinajstić information content (AvgIpc) is 2.23. The molecule has 1 rings (SSSR count). The number of nitrogens with two attached hydrogens (primary N) is 1. The molecule has 1 aromatic carbocycles. The van der Waals surface area contributed by atoms with Gasteiger partial charge in [0.15, 0.2) is 0 Å². The van der Waals surface area contributed by atoms with Crippen LogP contribution in [0.25, 0.3) is 0 Å². The van der Waals surface area contributed by atoms with Crippen molar-refractivity contribution in [2.45, 2.75) is 19.9 Å². The fourth-order valence-electron chi connectivity index (χ4n) is 1.23. The summed E-state index contributed by atoms with van der Waals surface area (Å²) in [4.78, 5) is 11.7. The Balaban J connectivity index is 2.64. The van der Waals surface area contributed by atoms with Crippen LogP contribution >= 0.6 is 15.9 Å². The van der Waals surface area contributed by atoms with E-state index >= 15 is 0 Å². The maximum atomic E-state index is 13.1. The third-order valence-electron chi connectivity index (χ3n) is 2.48. The van der Waals surface area contributed by atoms with Crippen LogP contribution < -0.4 is 11.1 Å². The van der Waals surface area contributed by atoms with Crippen molar-refractivity contribution in [3.63, 3.8) is 0 Å². The van der Waals surface area contributed by atoms with Gasteiger partial charge < -0.3 is 11.1 Å². The number of nitrogens with one attached hydrogen (secondary N) is 1. The number of hydrogen-bond donors (Lipinski definition) is 2. The van der Waals surface area contributed by atoms with E-state index in [1.165, 1.54) is 12.1 Å². The molecule has 1 atom stereocenters. The average molecular weight is 303 g/mol. The second-order valence-corrected chi connectivity index (χ2v) is 5.19. The Bertz CT molecular complexity index is 389. The van der Waals surface area contributed by atoms with Gasteiger partial charge in [-0.1, -0.05) is 29.8 Å². The molecule has 3 N–H and O–H groups in total. The molecule has 3 nitrogen and oxygen atoms in total. The molecule has 0 fully saturated rings. The van der Waals surface area contributed by atoms with Gasteiger partial charge in [0.2, 0.25) is 0 Å². The molecule has 17 heavy (non-hydrogen) atoms. The van der Waals surface area contributed by atoms with Crippen LogP contribution in [0, 0.1) is 11.7 Å². The van der Waals surface area contributed by atoms with Crippen LogP contribution in [0.1, 0.15) is 24.2 Å². The molecule has 0 aliphatic carbocycles. The van der Waals surface area contributed by atoms with Crippen molar-refractivity contribution in [2.24, 2.45) is 11.7 Å². The Morgan fingerprint density at radius 1 is 1.47 bits per heavy atom. The quantitative estimate of drug-likeness (QED) is 0.897. The van der Waals surface area contributed by atoms with Crippen molar-refractivity contribution in [1.82, 2.24) is 5.32 Å². The van der Waals surface area contributed by atoms with Crippen molar-refractivity contribution in [3.8, 4) is 0 Å². The smallest absolute Gasteiger partial charge is 0.251 e. The second kappa shape index (κ2) is 6.12. The van der Waals surface area contributed by atoms with E-state index in [0.717, 1.165) is 0 Å². The van der Waals surface area contributed by atoms with Gasteiger partial charge in [0.1, 0.15) is 5.82 Å². The summed E-state index contributed by atoms with van der Waals surface area (Å²) < 4.78 is 13.6. The number of carbonyl (C=O) groups is 1. The number of amides is 1. The molecule has 0 saturated heterocycles. The van der Waals surface area contributed by atoms with Crippen molar-refractivity contribution in [1.29, 1.82) is 0 Å². The molecular weight excluding hydrogens is 287 g/mol. The van der Waals surface area contributed by atoms with E-state index in [1.54, 1.807) is 6.07 Å². The first-order chi connectivity index (χ1) is 7.90. The molecule has 0 aromatic heterocycles. The molecule has 1 unspecified atom stereocenters. The molecule has 0 radical (unpaired) electrons. The SMILES string of the molecule is CC(C)C(N)CNC(=O)c1cc(F)cc(Br)c1. The first-order valence-corrected chi connectivity index (χ1v) is 6.19. The number of halogens is 2. The Morgan fingerprint density at radius 2 is 2.12 bits per heavy atom. The minimum Gasteiger partial charge on any atom is -0.350 e. The Labute approximate surface area is 109 Å². The molecule has 1 aromatic rings. The minimum absolute atomic E-state index is 0.101. The first-order valence-electron chi connectivity index (χ1n) is 5.40. The van der Waals surface area contributed by atoms with Gasteiger partial charge in [-0.25, -0.2) is 4.39 Å². The predicted octanol–water partition coefficient (Wildman–Crippen LogP) is 2.30. The summed E-state index contributed by atoms with van der Waals surface area (Å²) in [5, 5.41) is 2.68. The third kappa shape index (κ3) is 4.44. The third-order valence-corrected chi connectivity index (χ3v) is 2.94. The van der Waals surface area contributed by atoms with Gasteiger partial charge in [-0.15, -0.1) is 0 Å². The molecular formula is C12H16BrFN2O. The number of rotatable bonds is 4. The second-order valence-electron chi connectivity index (χ2n) is 4.28. The number of benzene rings is 1. The number of carbonyl (C=O) groups excluding carboxylic acids is 1. The lowest BCUT2D eigenvalue weighted by molar-refractivity contribution is 0.0948. The maximum Gasteiger partial charge on any atom is 0.251 e. The van der Waals surface area contributed by atoms with Crippen molar-refractivity contribution < 1.29 is 9.18 Å². The van der Waals surface area contributed by atoms with E-state index in [0.29, 0.717) is 11.0 Å². The zero-order valence-corrected chi connectivity index (χ0v) is 11.4. The summed E-state index contributed by atoms with van der Waals surface area (Å²) in [5.41, 5.74) is 6.09. The highest BCUT2D eigenvalue weighted by Gasteiger charge is 2.11. The molecule has 0 aliphatic heterocycles. The summed E-state index contributed by atoms with van der Waals surface area (Å²) in [7, 11) is 0. The molecule has 1 amide bonds. The van der Waals surface area contributed by atoms with E-state index < -0.39 is 5.82 Å². The van der Waals surface area contributed by atoms with Crippen molar-refractivity contribution >= 4 is 21.8 Å². The van der Waals surface area contributed by atoms with Gasteiger partial charge in [0, 0.05) is 22.6 Å². The Morgan fingerprint density at radius 3 is 2.65 bits per heavy atom. The number of hydrogen-bond acceptors (Lipinski definition) is 2. The van der Waals surface area contributed by atoms with Crippen LogP contribution in [0.4, 0.5) is 4.39 Å². The Hall–Kier alpha value is -0.940. The van der Waals surface area contributed by atoms with Gasteiger partial charge in [0.05, 0.1) is 0 Å². The van der Waals surface area contributed by atoms with Crippen LogP contribution in [-0.4, -0.2) is 18.5 Å². The van der Waals surface area contributed by atoms with Crippen LogP contribution in [0.15, 0.2) is 22.7 Å². The first kappa shape index (κ1) is 14.1. The summed E-state index contributed by atoms with van der Waals surface area (Å²) >= 11 is 3.14. The van der Waals surface area contributed by atoms with Crippen LogP contribution in [0.5, 0.6) is 0 Å². The van der Waals surface area contributed by atoms with Crippen LogP contribution in [0.3, 0.4) is 0 Å². The molecule has 0 spiro atoms. The zero-order chi connectivity index (χ0) is 13.0. The topological polar surface area (TPSA) is 55.1 Å². The molecule has 5 heteroatoms. The van der Waals surface area contributed by atoms with E-state index in [1.807, 2.05) is 13.8 Å².